The molecule has 0 saturated carbocycles. The Morgan fingerprint density at radius 1 is 1.29 bits per heavy atom. The molecule has 1 aliphatic rings. The zero-order chi connectivity index (χ0) is 19.5. The summed E-state index contributed by atoms with van der Waals surface area (Å²) in [6, 6.07) is 11.8. The maximum absolute atomic E-state index is 13.6. The first-order valence-corrected chi connectivity index (χ1v) is 9.49. The summed E-state index contributed by atoms with van der Waals surface area (Å²) in [5.74, 6) is 0.282. The predicted octanol–water partition coefficient (Wildman–Crippen LogP) is 4.35. The monoisotopic (exact) mass is 382 g/mol. The zero-order valence-corrected chi connectivity index (χ0v) is 15.8. The molecule has 1 aliphatic heterocycles. The van der Waals surface area contributed by atoms with Gasteiger partial charge in [0, 0.05) is 28.9 Å². The molecule has 28 heavy (non-hydrogen) atoms. The van der Waals surface area contributed by atoms with E-state index in [1.165, 1.54) is 12.1 Å². The third-order valence-electron chi connectivity index (χ3n) is 5.02. The quantitative estimate of drug-likeness (QED) is 0.666. The number of benzene rings is 2. The zero-order valence-electron chi connectivity index (χ0n) is 15.8. The predicted molar refractivity (Wildman–Crippen MR) is 106 cm³/mol. The Kier molecular flexibility index (Phi) is 5.30. The molecule has 0 aliphatic carbocycles. The Bertz CT molecular complexity index is 975. The Labute approximate surface area is 162 Å². The van der Waals surface area contributed by atoms with E-state index in [9.17, 15) is 9.18 Å². The van der Waals surface area contributed by atoms with Crippen LogP contribution in [0.5, 0.6) is 5.75 Å². The molecule has 2 aromatic carbocycles. The summed E-state index contributed by atoms with van der Waals surface area (Å²) in [7, 11) is 0. The molecule has 0 radical (unpaired) electrons. The van der Waals surface area contributed by atoms with E-state index in [0.717, 1.165) is 47.4 Å². The van der Waals surface area contributed by atoms with Crippen molar-refractivity contribution in [2.75, 3.05) is 18.5 Å². The SMILES string of the molecule is Cc1[nH]c2ccc(F)cc2c1CC(=O)Nc1ccc(OCC2CCCO2)cc1. The second kappa shape index (κ2) is 8.02. The minimum Gasteiger partial charge on any atom is -0.491 e. The van der Waals surface area contributed by atoms with Crippen LogP contribution in [0.2, 0.25) is 0 Å². The van der Waals surface area contributed by atoms with E-state index in [2.05, 4.69) is 10.3 Å². The number of hydrogen-bond donors (Lipinski definition) is 2. The van der Waals surface area contributed by atoms with Gasteiger partial charge in [0.05, 0.1) is 12.5 Å². The first-order valence-electron chi connectivity index (χ1n) is 9.49. The first kappa shape index (κ1) is 18.5. The lowest BCUT2D eigenvalue weighted by molar-refractivity contribution is -0.115. The first-order chi connectivity index (χ1) is 13.6. The average Bonchev–Trinajstić information content (AvgIpc) is 3.30. The number of ether oxygens (including phenoxy) is 2. The lowest BCUT2D eigenvalue weighted by atomic mass is 10.1. The van der Waals surface area contributed by atoms with Crippen LogP contribution < -0.4 is 10.1 Å². The highest BCUT2D eigenvalue weighted by molar-refractivity contribution is 5.96. The Morgan fingerprint density at radius 2 is 2.11 bits per heavy atom. The molecule has 1 amide bonds. The van der Waals surface area contributed by atoms with Gasteiger partial charge in [-0.05, 0) is 67.8 Å². The third kappa shape index (κ3) is 4.17. The van der Waals surface area contributed by atoms with Crippen LogP contribution in [0.3, 0.4) is 0 Å². The maximum Gasteiger partial charge on any atom is 0.228 e. The van der Waals surface area contributed by atoms with Gasteiger partial charge in [0.1, 0.15) is 18.2 Å². The smallest absolute Gasteiger partial charge is 0.228 e. The molecular weight excluding hydrogens is 359 g/mol. The fraction of sp³-hybridized carbons (Fsp3) is 0.318. The molecular formula is C22H23FN2O3. The van der Waals surface area contributed by atoms with Gasteiger partial charge in [-0.1, -0.05) is 0 Å². The Morgan fingerprint density at radius 3 is 2.86 bits per heavy atom. The van der Waals surface area contributed by atoms with Crippen molar-refractivity contribution in [2.45, 2.75) is 32.3 Å². The van der Waals surface area contributed by atoms with Gasteiger partial charge >= 0.3 is 0 Å². The topological polar surface area (TPSA) is 63.4 Å². The van der Waals surface area contributed by atoms with Crippen LogP contribution >= 0.6 is 0 Å². The highest BCUT2D eigenvalue weighted by Crippen LogP contribution is 2.24. The summed E-state index contributed by atoms with van der Waals surface area (Å²) >= 11 is 0. The van der Waals surface area contributed by atoms with Crippen LogP contribution in [0, 0.1) is 12.7 Å². The number of fused-ring (bicyclic) bond motifs is 1. The fourth-order valence-electron chi connectivity index (χ4n) is 3.55. The van der Waals surface area contributed by atoms with Crippen LogP contribution in [-0.4, -0.2) is 30.2 Å². The van der Waals surface area contributed by atoms with Crippen molar-refractivity contribution < 1.29 is 18.7 Å². The summed E-state index contributed by atoms with van der Waals surface area (Å²) < 4.78 is 24.8. The van der Waals surface area contributed by atoms with E-state index in [-0.39, 0.29) is 24.2 Å². The maximum atomic E-state index is 13.6. The number of aromatic nitrogens is 1. The van der Waals surface area contributed by atoms with Crippen LogP contribution in [0.15, 0.2) is 42.5 Å². The largest absolute Gasteiger partial charge is 0.491 e. The highest BCUT2D eigenvalue weighted by atomic mass is 19.1. The second-order valence-electron chi connectivity index (χ2n) is 7.11. The van der Waals surface area contributed by atoms with Crippen LogP contribution in [-0.2, 0) is 16.0 Å². The number of carbonyl (C=O) groups excluding carboxylic acids is 1. The number of aryl methyl sites for hydroxylation is 1. The number of aromatic amines is 1. The van der Waals surface area contributed by atoms with Crippen LogP contribution in [0.1, 0.15) is 24.1 Å². The standard InChI is InChI=1S/C22H23FN2O3/c1-14-19(20-11-15(23)4-9-21(20)24-14)12-22(26)25-16-5-7-17(8-6-16)28-13-18-3-2-10-27-18/h4-9,11,18,24H,2-3,10,12-13H2,1H3,(H,25,26). The van der Waals surface area contributed by atoms with Crippen molar-refractivity contribution in [2.24, 2.45) is 0 Å². The summed E-state index contributed by atoms with van der Waals surface area (Å²) in [5, 5.41) is 3.63. The molecule has 1 atom stereocenters. The molecule has 1 aromatic heterocycles. The summed E-state index contributed by atoms with van der Waals surface area (Å²) in [6.07, 6.45) is 2.46. The van der Waals surface area contributed by atoms with Crippen molar-refractivity contribution in [1.82, 2.24) is 4.98 Å². The number of H-pyrrole nitrogens is 1. The minimum atomic E-state index is -0.313. The van der Waals surface area contributed by atoms with E-state index < -0.39 is 0 Å². The molecule has 1 unspecified atom stereocenters. The van der Waals surface area contributed by atoms with Gasteiger partial charge in [0.25, 0.3) is 0 Å². The molecule has 5 nitrogen and oxygen atoms in total. The number of nitrogens with one attached hydrogen (secondary N) is 2. The van der Waals surface area contributed by atoms with Crippen molar-refractivity contribution in [3.63, 3.8) is 0 Å². The van der Waals surface area contributed by atoms with Gasteiger partial charge < -0.3 is 19.8 Å². The molecule has 1 saturated heterocycles. The summed E-state index contributed by atoms with van der Waals surface area (Å²) in [4.78, 5) is 15.7. The van der Waals surface area contributed by atoms with E-state index >= 15 is 0 Å². The van der Waals surface area contributed by atoms with E-state index in [1.54, 1.807) is 6.07 Å². The number of rotatable bonds is 6. The molecule has 6 heteroatoms. The normalized spacial score (nSPS) is 16.4. The molecule has 2 heterocycles. The van der Waals surface area contributed by atoms with Gasteiger partial charge in [-0.15, -0.1) is 0 Å². The Balaban J connectivity index is 1.37. The van der Waals surface area contributed by atoms with Crippen LogP contribution in [0.25, 0.3) is 10.9 Å². The fourth-order valence-corrected chi connectivity index (χ4v) is 3.55. The van der Waals surface area contributed by atoms with Crippen molar-refractivity contribution >= 4 is 22.5 Å². The molecule has 3 aromatic rings. The summed E-state index contributed by atoms with van der Waals surface area (Å²) in [5.41, 5.74) is 3.20. The number of carbonyl (C=O) groups is 1. The number of anilines is 1. The molecule has 4 rings (SSSR count). The van der Waals surface area contributed by atoms with Gasteiger partial charge in [0.2, 0.25) is 5.91 Å². The van der Waals surface area contributed by atoms with E-state index in [0.29, 0.717) is 12.3 Å². The van der Waals surface area contributed by atoms with Gasteiger partial charge in [0.15, 0.2) is 0 Å². The van der Waals surface area contributed by atoms with Crippen molar-refractivity contribution in [1.29, 1.82) is 0 Å². The molecule has 0 bridgehead atoms. The van der Waals surface area contributed by atoms with Crippen molar-refractivity contribution in [3.8, 4) is 5.75 Å². The van der Waals surface area contributed by atoms with Crippen molar-refractivity contribution in [3.05, 3.63) is 59.5 Å². The number of halogens is 1. The van der Waals surface area contributed by atoms with E-state index in [4.69, 9.17) is 9.47 Å². The molecule has 0 spiro atoms. The summed E-state index contributed by atoms with van der Waals surface area (Å²) in [6.45, 7) is 3.24. The van der Waals surface area contributed by atoms with Gasteiger partial charge in [-0.3, -0.25) is 4.79 Å². The lowest BCUT2D eigenvalue weighted by Crippen LogP contribution is -2.16. The van der Waals surface area contributed by atoms with Crippen LogP contribution in [0.4, 0.5) is 10.1 Å². The van der Waals surface area contributed by atoms with Gasteiger partial charge in [-0.2, -0.15) is 0 Å². The minimum absolute atomic E-state index is 0.152. The number of amides is 1. The average molecular weight is 382 g/mol. The van der Waals surface area contributed by atoms with E-state index in [1.807, 2.05) is 31.2 Å². The molecule has 1 fully saturated rings. The second-order valence-corrected chi connectivity index (χ2v) is 7.11. The number of hydrogen-bond acceptors (Lipinski definition) is 3. The third-order valence-corrected chi connectivity index (χ3v) is 5.02. The molecule has 2 N–H and O–H groups in total. The lowest BCUT2D eigenvalue weighted by Gasteiger charge is -2.12. The van der Waals surface area contributed by atoms with Gasteiger partial charge in [-0.25, -0.2) is 4.39 Å². The highest BCUT2D eigenvalue weighted by Gasteiger charge is 2.16. The Hall–Kier alpha value is -2.86. The molecule has 146 valence electrons.